The first-order chi connectivity index (χ1) is 7.95. The van der Waals surface area contributed by atoms with Crippen LogP contribution in [0.15, 0.2) is 12.3 Å². The molecule has 1 N–H and O–H groups in total. The van der Waals surface area contributed by atoms with Gasteiger partial charge in [0.2, 0.25) is 0 Å². The molecule has 1 aliphatic heterocycles. The van der Waals surface area contributed by atoms with E-state index in [1.807, 2.05) is 6.07 Å². The molecule has 0 radical (unpaired) electrons. The van der Waals surface area contributed by atoms with E-state index in [1.54, 1.807) is 17.9 Å². The Labute approximate surface area is 98.0 Å². The molecule has 0 bridgehead atoms. The molecular weight excluding hydrogens is 231 g/mol. The summed E-state index contributed by atoms with van der Waals surface area (Å²) in [5.41, 5.74) is 0.841. The fourth-order valence-corrected chi connectivity index (χ4v) is 2.26. The van der Waals surface area contributed by atoms with E-state index in [0.717, 1.165) is 12.1 Å². The van der Waals surface area contributed by atoms with Crippen LogP contribution in [0.25, 0.3) is 0 Å². The van der Waals surface area contributed by atoms with Crippen LogP contribution in [0.1, 0.15) is 25.0 Å². The highest BCUT2D eigenvalue weighted by molar-refractivity contribution is 5.02. The molecule has 1 fully saturated rings. The summed E-state index contributed by atoms with van der Waals surface area (Å²) in [7, 11) is 1.80. The molecule has 1 aliphatic rings. The Morgan fingerprint density at radius 3 is 2.82 bits per heavy atom. The average Bonchev–Trinajstić information content (AvgIpc) is 2.63. The third-order valence-corrected chi connectivity index (χ3v) is 3.10. The van der Waals surface area contributed by atoms with Crippen molar-refractivity contribution in [2.45, 2.75) is 43.9 Å². The monoisotopic (exact) mass is 247 g/mol. The number of nitrogens with one attached hydrogen (secondary N) is 1. The summed E-state index contributed by atoms with van der Waals surface area (Å²) in [6.45, 7) is 0. The van der Waals surface area contributed by atoms with Crippen molar-refractivity contribution >= 4 is 0 Å². The zero-order valence-corrected chi connectivity index (χ0v) is 9.67. The van der Waals surface area contributed by atoms with Crippen molar-refractivity contribution in [2.24, 2.45) is 7.05 Å². The van der Waals surface area contributed by atoms with Crippen molar-refractivity contribution < 1.29 is 13.2 Å². The number of nitrogens with zero attached hydrogens (tertiary/aromatic N) is 2. The van der Waals surface area contributed by atoms with Crippen LogP contribution in [0.3, 0.4) is 0 Å². The fraction of sp³-hybridized carbons (Fsp3) is 0.727. The zero-order valence-electron chi connectivity index (χ0n) is 9.67. The van der Waals surface area contributed by atoms with Gasteiger partial charge in [0.05, 0.1) is 5.69 Å². The zero-order chi connectivity index (χ0) is 12.5. The second kappa shape index (κ2) is 4.68. The summed E-state index contributed by atoms with van der Waals surface area (Å²) in [4.78, 5) is 0. The van der Waals surface area contributed by atoms with Gasteiger partial charge in [-0.3, -0.25) is 4.68 Å². The molecule has 2 unspecified atom stereocenters. The van der Waals surface area contributed by atoms with E-state index in [9.17, 15) is 13.2 Å². The second-order valence-corrected chi connectivity index (χ2v) is 4.57. The molecule has 2 heterocycles. The van der Waals surface area contributed by atoms with Crippen molar-refractivity contribution in [3.8, 4) is 0 Å². The van der Waals surface area contributed by atoms with Crippen molar-refractivity contribution in [3.05, 3.63) is 18.0 Å². The molecule has 1 aromatic heterocycles. The van der Waals surface area contributed by atoms with E-state index in [-0.39, 0.29) is 12.5 Å². The first kappa shape index (κ1) is 12.4. The van der Waals surface area contributed by atoms with Gasteiger partial charge in [0.1, 0.15) is 6.04 Å². The quantitative estimate of drug-likeness (QED) is 0.866. The third-order valence-electron chi connectivity index (χ3n) is 3.10. The first-order valence-corrected chi connectivity index (χ1v) is 5.76. The van der Waals surface area contributed by atoms with Gasteiger partial charge in [0.25, 0.3) is 0 Å². The Morgan fingerprint density at radius 2 is 2.24 bits per heavy atom. The molecule has 0 saturated carbocycles. The van der Waals surface area contributed by atoms with Crippen molar-refractivity contribution in [3.63, 3.8) is 0 Å². The van der Waals surface area contributed by atoms with Crippen molar-refractivity contribution in [1.29, 1.82) is 0 Å². The normalized spacial score (nSPS) is 26.1. The molecule has 17 heavy (non-hydrogen) atoms. The Balaban J connectivity index is 1.94. The highest BCUT2D eigenvalue weighted by Crippen LogP contribution is 2.28. The van der Waals surface area contributed by atoms with E-state index in [2.05, 4.69) is 10.4 Å². The average molecular weight is 247 g/mol. The van der Waals surface area contributed by atoms with Crippen LogP contribution in [-0.2, 0) is 13.5 Å². The van der Waals surface area contributed by atoms with Crippen molar-refractivity contribution in [1.82, 2.24) is 15.1 Å². The van der Waals surface area contributed by atoms with Crippen LogP contribution < -0.4 is 5.32 Å². The van der Waals surface area contributed by atoms with Gasteiger partial charge in [-0.1, -0.05) is 0 Å². The van der Waals surface area contributed by atoms with E-state index < -0.39 is 12.2 Å². The second-order valence-electron chi connectivity index (χ2n) is 4.57. The number of alkyl halides is 3. The standard InChI is InChI=1S/C11H16F3N3/c1-17-6-5-9(16-17)7-8-3-2-4-10(15-8)11(12,13)14/h5-6,8,10,15H,2-4,7H2,1H3. The molecule has 6 heteroatoms. The number of hydrogen-bond acceptors (Lipinski definition) is 2. The summed E-state index contributed by atoms with van der Waals surface area (Å²) in [6, 6.07) is 0.369. The van der Waals surface area contributed by atoms with Crippen LogP contribution in [0, 0.1) is 0 Å². The van der Waals surface area contributed by atoms with Gasteiger partial charge < -0.3 is 5.32 Å². The van der Waals surface area contributed by atoms with Gasteiger partial charge in [0, 0.05) is 25.7 Å². The fourth-order valence-electron chi connectivity index (χ4n) is 2.26. The lowest BCUT2D eigenvalue weighted by molar-refractivity contribution is -0.163. The van der Waals surface area contributed by atoms with E-state index in [0.29, 0.717) is 12.8 Å². The minimum Gasteiger partial charge on any atom is -0.303 e. The topological polar surface area (TPSA) is 29.9 Å². The Morgan fingerprint density at radius 1 is 1.47 bits per heavy atom. The number of hydrogen-bond donors (Lipinski definition) is 1. The number of halogens is 3. The van der Waals surface area contributed by atoms with Crippen LogP contribution in [0.5, 0.6) is 0 Å². The highest BCUT2D eigenvalue weighted by atomic mass is 19.4. The van der Waals surface area contributed by atoms with Gasteiger partial charge in [-0.2, -0.15) is 18.3 Å². The molecular formula is C11H16F3N3. The van der Waals surface area contributed by atoms with Gasteiger partial charge in [0.15, 0.2) is 0 Å². The lowest BCUT2D eigenvalue weighted by Crippen LogP contribution is -2.51. The maximum atomic E-state index is 12.6. The minimum absolute atomic E-state index is 0.120. The van der Waals surface area contributed by atoms with E-state index in [4.69, 9.17) is 0 Å². The van der Waals surface area contributed by atoms with E-state index >= 15 is 0 Å². The molecule has 1 saturated heterocycles. The maximum Gasteiger partial charge on any atom is 0.403 e. The Hall–Kier alpha value is -1.04. The predicted molar refractivity (Wildman–Crippen MR) is 57.5 cm³/mol. The highest BCUT2D eigenvalue weighted by Gasteiger charge is 2.41. The minimum atomic E-state index is -4.14. The number of aryl methyl sites for hydroxylation is 1. The summed E-state index contributed by atoms with van der Waals surface area (Å²) in [5, 5.41) is 6.86. The molecule has 0 aromatic carbocycles. The Bertz CT molecular complexity index is 372. The molecule has 3 nitrogen and oxygen atoms in total. The molecule has 0 aliphatic carbocycles. The largest absolute Gasteiger partial charge is 0.403 e. The Kier molecular flexibility index (Phi) is 3.42. The maximum absolute atomic E-state index is 12.6. The third kappa shape index (κ3) is 3.21. The lowest BCUT2D eigenvalue weighted by atomic mass is 9.95. The van der Waals surface area contributed by atoms with E-state index in [1.165, 1.54) is 0 Å². The van der Waals surface area contributed by atoms with Gasteiger partial charge in [-0.25, -0.2) is 0 Å². The number of piperidine rings is 1. The summed E-state index contributed by atoms with van der Waals surface area (Å²) in [5.74, 6) is 0. The molecule has 2 rings (SSSR count). The smallest absolute Gasteiger partial charge is 0.303 e. The molecule has 96 valence electrons. The summed E-state index contributed by atoms with van der Waals surface area (Å²) >= 11 is 0. The summed E-state index contributed by atoms with van der Waals surface area (Å²) in [6.07, 6.45) is -0.185. The lowest BCUT2D eigenvalue weighted by Gasteiger charge is -2.32. The SMILES string of the molecule is Cn1ccc(CC2CCCC(C(F)(F)F)N2)n1. The van der Waals surface area contributed by atoms with Gasteiger partial charge >= 0.3 is 6.18 Å². The van der Waals surface area contributed by atoms with Crippen LogP contribution in [-0.4, -0.2) is 28.0 Å². The molecule has 0 amide bonds. The molecule has 1 aromatic rings. The molecule has 2 atom stereocenters. The number of rotatable bonds is 2. The van der Waals surface area contributed by atoms with Crippen LogP contribution in [0.2, 0.25) is 0 Å². The molecule has 0 spiro atoms. The van der Waals surface area contributed by atoms with Gasteiger partial charge in [-0.05, 0) is 25.3 Å². The number of aromatic nitrogens is 2. The van der Waals surface area contributed by atoms with Crippen LogP contribution >= 0.6 is 0 Å². The van der Waals surface area contributed by atoms with Crippen molar-refractivity contribution in [2.75, 3.05) is 0 Å². The first-order valence-electron chi connectivity index (χ1n) is 5.76. The van der Waals surface area contributed by atoms with Gasteiger partial charge in [-0.15, -0.1) is 0 Å². The van der Waals surface area contributed by atoms with Crippen LogP contribution in [0.4, 0.5) is 13.2 Å². The summed E-state index contributed by atoms with van der Waals surface area (Å²) < 4.78 is 39.4. The predicted octanol–water partition coefficient (Wildman–Crippen LogP) is 2.04.